The fourth-order valence-corrected chi connectivity index (χ4v) is 2.51. The molecule has 0 aliphatic rings. The quantitative estimate of drug-likeness (QED) is 0.256. The van der Waals surface area contributed by atoms with Crippen LogP contribution in [0.5, 0.6) is 0 Å². The number of benzene rings is 1. The Morgan fingerprint density at radius 1 is 1.13 bits per heavy atom. The normalized spacial score (nSPS) is 11.5. The van der Waals surface area contributed by atoms with Gasteiger partial charge in [0.25, 0.3) is 0 Å². The SMILES string of the molecule is O=C(CCCSc1nccc(C(F)(F)F)n1)c1ccc(F)cc1. The lowest BCUT2D eigenvalue weighted by Crippen LogP contribution is -2.08. The second-order valence-electron chi connectivity index (χ2n) is 4.60. The minimum absolute atomic E-state index is 0.0223. The standard InChI is InChI=1S/C15H12F4N2OS/c16-11-5-3-10(4-6-11)12(22)2-1-9-23-14-20-8-7-13(21-14)15(17,18)19/h3-8H,1-2,9H2. The first kappa shape index (κ1) is 17.4. The predicted octanol–water partition coefficient (Wildman–Crippen LogP) is 4.39. The molecule has 3 nitrogen and oxygen atoms in total. The molecule has 1 aromatic heterocycles. The van der Waals surface area contributed by atoms with Crippen LogP contribution >= 0.6 is 11.8 Å². The van der Waals surface area contributed by atoms with Crippen LogP contribution in [0, 0.1) is 5.82 Å². The lowest BCUT2D eigenvalue weighted by atomic mass is 10.1. The monoisotopic (exact) mass is 344 g/mol. The third kappa shape index (κ3) is 5.31. The van der Waals surface area contributed by atoms with E-state index in [2.05, 4.69) is 9.97 Å². The Morgan fingerprint density at radius 2 is 1.83 bits per heavy atom. The van der Waals surface area contributed by atoms with Crippen molar-refractivity contribution in [2.24, 2.45) is 0 Å². The van der Waals surface area contributed by atoms with Crippen LogP contribution in [0.1, 0.15) is 28.9 Å². The van der Waals surface area contributed by atoms with E-state index in [4.69, 9.17) is 0 Å². The highest BCUT2D eigenvalue weighted by Gasteiger charge is 2.32. The summed E-state index contributed by atoms with van der Waals surface area (Å²) in [6, 6.07) is 6.03. The summed E-state index contributed by atoms with van der Waals surface area (Å²) in [5, 5.41) is 0.0223. The number of rotatable bonds is 6. The number of carbonyl (C=O) groups excluding carboxylic acids is 1. The Morgan fingerprint density at radius 3 is 2.48 bits per heavy atom. The van der Waals surface area contributed by atoms with Crippen molar-refractivity contribution in [1.82, 2.24) is 9.97 Å². The van der Waals surface area contributed by atoms with Crippen LogP contribution in [0.2, 0.25) is 0 Å². The smallest absolute Gasteiger partial charge is 0.294 e. The highest BCUT2D eigenvalue weighted by atomic mass is 32.2. The number of aromatic nitrogens is 2. The zero-order valence-electron chi connectivity index (χ0n) is 11.8. The third-order valence-corrected chi connectivity index (χ3v) is 3.82. The summed E-state index contributed by atoms with van der Waals surface area (Å²) in [6.45, 7) is 0. The molecule has 0 saturated carbocycles. The van der Waals surface area contributed by atoms with E-state index in [1.807, 2.05) is 0 Å². The van der Waals surface area contributed by atoms with Gasteiger partial charge in [-0.15, -0.1) is 0 Å². The van der Waals surface area contributed by atoms with Crippen LogP contribution in [0.3, 0.4) is 0 Å². The van der Waals surface area contributed by atoms with Gasteiger partial charge in [0.2, 0.25) is 0 Å². The third-order valence-electron chi connectivity index (χ3n) is 2.87. The molecule has 0 amide bonds. The molecule has 0 atom stereocenters. The molecule has 23 heavy (non-hydrogen) atoms. The Balaban J connectivity index is 1.81. The van der Waals surface area contributed by atoms with Gasteiger partial charge in [0, 0.05) is 23.9 Å². The number of alkyl halides is 3. The Bertz CT molecular complexity index is 674. The summed E-state index contributed by atoms with van der Waals surface area (Å²) >= 11 is 1.06. The number of carbonyl (C=O) groups is 1. The fraction of sp³-hybridized carbons (Fsp3) is 0.267. The lowest BCUT2D eigenvalue weighted by molar-refractivity contribution is -0.141. The van der Waals surface area contributed by atoms with Gasteiger partial charge < -0.3 is 0 Å². The molecule has 2 aromatic rings. The second kappa shape index (κ2) is 7.54. The highest BCUT2D eigenvalue weighted by molar-refractivity contribution is 7.99. The van der Waals surface area contributed by atoms with Gasteiger partial charge >= 0.3 is 6.18 Å². The van der Waals surface area contributed by atoms with Gasteiger partial charge in [0.15, 0.2) is 10.9 Å². The average Bonchev–Trinajstić information content (AvgIpc) is 2.51. The van der Waals surface area contributed by atoms with Crippen LogP contribution < -0.4 is 0 Å². The van der Waals surface area contributed by atoms with Gasteiger partial charge in [-0.2, -0.15) is 13.2 Å². The van der Waals surface area contributed by atoms with Crippen molar-refractivity contribution in [3.8, 4) is 0 Å². The van der Waals surface area contributed by atoms with E-state index in [0.717, 1.165) is 24.0 Å². The van der Waals surface area contributed by atoms with Crippen molar-refractivity contribution in [3.63, 3.8) is 0 Å². The van der Waals surface area contributed by atoms with Gasteiger partial charge in [-0.25, -0.2) is 14.4 Å². The number of hydrogen-bond donors (Lipinski definition) is 0. The average molecular weight is 344 g/mol. The maximum Gasteiger partial charge on any atom is 0.433 e. The second-order valence-corrected chi connectivity index (χ2v) is 5.67. The molecule has 1 aromatic carbocycles. The summed E-state index contributed by atoms with van der Waals surface area (Å²) in [5.41, 5.74) is -0.580. The summed E-state index contributed by atoms with van der Waals surface area (Å²) < 4.78 is 50.3. The van der Waals surface area contributed by atoms with Gasteiger partial charge in [0.1, 0.15) is 11.5 Å². The Kier molecular flexibility index (Phi) is 5.70. The van der Waals surface area contributed by atoms with Crippen molar-refractivity contribution < 1.29 is 22.4 Å². The number of nitrogens with zero attached hydrogens (tertiary/aromatic N) is 2. The number of ketones is 1. The molecule has 8 heteroatoms. The Hall–Kier alpha value is -1.96. The minimum atomic E-state index is -4.50. The molecule has 1 heterocycles. The van der Waals surface area contributed by atoms with Crippen LogP contribution in [-0.4, -0.2) is 21.5 Å². The first-order chi connectivity index (χ1) is 10.9. The number of hydrogen-bond acceptors (Lipinski definition) is 4. The zero-order chi connectivity index (χ0) is 16.9. The number of thioether (sulfide) groups is 1. The van der Waals surface area contributed by atoms with E-state index in [0.29, 0.717) is 17.7 Å². The van der Waals surface area contributed by atoms with E-state index < -0.39 is 17.7 Å². The van der Waals surface area contributed by atoms with Gasteiger partial charge in [-0.1, -0.05) is 11.8 Å². The molecule has 0 unspecified atom stereocenters. The van der Waals surface area contributed by atoms with Crippen molar-refractivity contribution in [2.75, 3.05) is 5.75 Å². The van der Waals surface area contributed by atoms with Crippen molar-refractivity contribution in [1.29, 1.82) is 0 Å². The van der Waals surface area contributed by atoms with Crippen LogP contribution in [0.25, 0.3) is 0 Å². The van der Waals surface area contributed by atoms with E-state index in [1.165, 1.54) is 24.3 Å². The summed E-state index contributed by atoms with van der Waals surface area (Å²) in [5.74, 6) is -0.150. The van der Waals surface area contributed by atoms with Gasteiger partial charge in [-0.3, -0.25) is 4.79 Å². The molecule has 122 valence electrons. The van der Waals surface area contributed by atoms with Crippen LogP contribution in [-0.2, 0) is 6.18 Å². The molecular formula is C15H12F4N2OS. The first-order valence-electron chi connectivity index (χ1n) is 6.68. The van der Waals surface area contributed by atoms with E-state index in [9.17, 15) is 22.4 Å². The van der Waals surface area contributed by atoms with Crippen molar-refractivity contribution in [2.45, 2.75) is 24.2 Å². The maximum atomic E-state index is 12.8. The van der Waals surface area contributed by atoms with E-state index in [1.54, 1.807) is 0 Å². The van der Waals surface area contributed by atoms with E-state index in [-0.39, 0.29) is 17.4 Å². The molecule has 0 bridgehead atoms. The molecule has 0 aliphatic heterocycles. The molecule has 0 fully saturated rings. The first-order valence-corrected chi connectivity index (χ1v) is 7.66. The van der Waals surface area contributed by atoms with Crippen LogP contribution in [0.15, 0.2) is 41.7 Å². The molecule has 2 rings (SSSR count). The molecule has 0 radical (unpaired) electrons. The fourth-order valence-electron chi connectivity index (χ4n) is 1.74. The largest absolute Gasteiger partial charge is 0.433 e. The highest BCUT2D eigenvalue weighted by Crippen LogP contribution is 2.28. The molecule has 0 spiro atoms. The van der Waals surface area contributed by atoms with E-state index >= 15 is 0 Å². The lowest BCUT2D eigenvalue weighted by Gasteiger charge is -2.06. The van der Waals surface area contributed by atoms with Gasteiger partial charge in [0.05, 0.1) is 0 Å². The molecular weight excluding hydrogens is 332 g/mol. The van der Waals surface area contributed by atoms with Crippen LogP contribution in [0.4, 0.5) is 17.6 Å². The van der Waals surface area contributed by atoms with Gasteiger partial charge in [-0.05, 0) is 36.8 Å². The molecule has 0 N–H and O–H groups in total. The predicted molar refractivity (Wildman–Crippen MR) is 77.7 cm³/mol. The van der Waals surface area contributed by atoms with Crippen molar-refractivity contribution in [3.05, 3.63) is 53.6 Å². The zero-order valence-corrected chi connectivity index (χ0v) is 12.6. The topological polar surface area (TPSA) is 42.9 Å². The molecule has 0 aliphatic carbocycles. The summed E-state index contributed by atoms with van der Waals surface area (Å²) in [4.78, 5) is 19.0. The summed E-state index contributed by atoms with van der Waals surface area (Å²) in [6.07, 6.45) is -2.77. The minimum Gasteiger partial charge on any atom is -0.294 e. The molecule has 0 saturated heterocycles. The maximum absolute atomic E-state index is 12.8. The van der Waals surface area contributed by atoms with Crippen molar-refractivity contribution >= 4 is 17.5 Å². The summed E-state index contributed by atoms with van der Waals surface area (Å²) in [7, 11) is 0. The number of halogens is 4. The number of Topliss-reactive ketones (excluding diaryl/α,β-unsaturated/α-hetero) is 1. The Labute approximate surface area is 134 Å².